The number of amides is 1. The predicted molar refractivity (Wildman–Crippen MR) is 78.7 cm³/mol. The maximum atomic E-state index is 10.9. The lowest BCUT2D eigenvalue weighted by atomic mass is 9.94. The second-order valence-electron chi connectivity index (χ2n) is 5.04. The van der Waals surface area contributed by atoms with E-state index in [1.54, 1.807) is 6.20 Å². The lowest BCUT2D eigenvalue weighted by Gasteiger charge is -2.24. The van der Waals surface area contributed by atoms with E-state index >= 15 is 0 Å². The smallest absolute Gasteiger partial charge is 0.407 e. The van der Waals surface area contributed by atoms with Gasteiger partial charge in [0.2, 0.25) is 0 Å². The minimum absolute atomic E-state index is 0.459. The lowest BCUT2D eigenvalue weighted by molar-refractivity contribution is 0.150. The van der Waals surface area contributed by atoms with Gasteiger partial charge in [0, 0.05) is 24.7 Å². The topological polar surface area (TPSA) is 53.4 Å². The lowest BCUT2D eigenvalue weighted by Crippen LogP contribution is -2.33. The quantitative estimate of drug-likeness (QED) is 0.863. The number of benzene rings is 1. The number of nitrogens with zero attached hydrogens (tertiary/aromatic N) is 2. The standard InChI is InChI=1S/C16H16N2O2/c1-11-4-5-13(14-3-2-8-17-15(11)14)12-6-9-18(10-7-12)16(19)20/h2-6,8H,7,9-10H2,1H3,(H,19,20). The number of carboxylic acid groups (broad SMARTS) is 1. The van der Waals surface area contributed by atoms with E-state index in [1.807, 2.05) is 12.1 Å². The van der Waals surface area contributed by atoms with Crippen LogP contribution in [0.1, 0.15) is 17.5 Å². The van der Waals surface area contributed by atoms with Gasteiger partial charge in [0.15, 0.2) is 0 Å². The van der Waals surface area contributed by atoms with Crippen LogP contribution >= 0.6 is 0 Å². The van der Waals surface area contributed by atoms with Crippen molar-refractivity contribution in [1.29, 1.82) is 0 Å². The van der Waals surface area contributed by atoms with Gasteiger partial charge >= 0.3 is 6.09 Å². The van der Waals surface area contributed by atoms with Crippen LogP contribution in [0.3, 0.4) is 0 Å². The molecule has 2 heterocycles. The Morgan fingerprint density at radius 2 is 2.20 bits per heavy atom. The molecular weight excluding hydrogens is 252 g/mol. The summed E-state index contributed by atoms with van der Waals surface area (Å²) in [4.78, 5) is 16.8. The van der Waals surface area contributed by atoms with Crippen LogP contribution in [0.25, 0.3) is 16.5 Å². The molecule has 0 unspecified atom stereocenters. The number of rotatable bonds is 1. The number of carbonyl (C=O) groups is 1. The van der Waals surface area contributed by atoms with Gasteiger partial charge in [-0.1, -0.05) is 24.3 Å². The first-order valence-corrected chi connectivity index (χ1v) is 6.68. The van der Waals surface area contributed by atoms with Gasteiger partial charge in [-0.25, -0.2) is 4.79 Å². The zero-order valence-electron chi connectivity index (χ0n) is 11.3. The molecule has 0 saturated carbocycles. The molecule has 1 aromatic carbocycles. The van der Waals surface area contributed by atoms with Gasteiger partial charge in [-0.2, -0.15) is 0 Å². The first-order chi connectivity index (χ1) is 9.66. The van der Waals surface area contributed by atoms with Crippen molar-refractivity contribution >= 4 is 22.6 Å². The first kappa shape index (κ1) is 12.7. The molecule has 0 radical (unpaired) electrons. The first-order valence-electron chi connectivity index (χ1n) is 6.68. The maximum Gasteiger partial charge on any atom is 0.407 e. The molecule has 0 aliphatic carbocycles. The van der Waals surface area contributed by atoms with Crippen LogP contribution in [0.5, 0.6) is 0 Å². The van der Waals surface area contributed by atoms with Crippen molar-refractivity contribution in [1.82, 2.24) is 9.88 Å². The molecule has 20 heavy (non-hydrogen) atoms. The van der Waals surface area contributed by atoms with E-state index in [1.165, 1.54) is 16.0 Å². The third-order valence-corrected chi connectivity index (χ3v) is 3.80. The molecule has 1 amide bonds. The van der Waals surface area contributed by atoms with Crippen LogP contribution in [0.15, 0.2) is 36.5 Å². The zero-order chi connectivity index (χ0) is 14.1. The summed E-state index contributed by atoms with van der Waals surface area (Å²) in [5.41, 5.74) is 4.56. The van der Waals surface area contributed by atoms with E-state index in [9.17, 15) is 4.79 Å². The molecule has 3 rings (SSSR count). The minimum Gasteiger partial charge on any atom is -0.465 e. The molecule has 0 fully saturated rings. The van der Waals surface area contributed by atoms with E-state index < -0.39 is 6.09 Å². The molecule has 0 spiro atoms. The highest BCUT2D eigenvalue weighted by molar-refractivity contribution is 5.93. The summed E-state index contributed by atoms with van der Waals surface area (Å²) in [6.07, 6.45) is 3.71. The molecule has 102 valence electrons. The predicted octanol–water partition coefficient (Wildman–Crippen LogP) is 3.31. The monoisotopic (exact) mass is 268 g/mol. The number of hydrogen-bond donors (Lipinski definition) is 1. The van der Waals surface area contributed by atoms with Crippen molar-refractivity contribution in [3.63, 3.8) is 0 Å². The molecule has 1 aliphatic rings. The van der Waals surface area contributed by atoms with E-state index in [0.29, 0.717) is 13.1 Å². The van der Waals surface area contributed by atoms with Crippen LogP contribution in [0.4, 0.5) is 4.79 Å². The van der Waals surface area contributed by atoms with Crippen LogP contribution in [-0.4, -0.2) is 34.2 Å². The second-order valence-corrected chi connectivity index (χ2v) is 5.04. The second kappa shape index (κ2) is 4.96. The largest absolute Gasteiger partial charge is 0.465 e. The van der Waals surface area contributed by atoms with Gasteiger partial charge in [-0.3, -0.25) is 4.98 Å². The number of aromatic nitrogens is 1. The van der Waals surface area contributed by atoms with E-state index in [-0.39, 0.29) is 0 Å². The third kappa shape index (κ3) is 2.13. The molecule has 1 aromatic heterocycles. The Morgan fingerprint density at radius 3 is 2.90 bits per heavy atom. The summed E-state index contributed by atoms with van der Waals surface area (Å²) < 4.78 is 0. The summed E-state index contributed by atoms with van der Waals surface area (Å²) in [6, 6.07) is 8.21. The van der Waals surface area contributed by atoms with Gasteiger partial charge < -0.3 is 10.0 Å². The molecular formula is C16H16N2O2. The van der Waals surface area contributed by atoms with Crippen LogP contribution < -0.4 is 0 Å². The molecule has 0 saturated heterocycles. The Morgan fingerprint density at radius 1 is 1.35 bits per heavy atom. The third-order valence-electron chi connectivity index (χ3n) is 3.80. The Hall–Kier alpha value is -2.36. The minimum atomic E-state index is -0.851. The van der Waals surface area contributed by atoms with Gasteiger partial charge in [-0.05, 0) is 36.1 Å². The average Bonchev–Trinajstić information content (AvgIpc) is 2.48. The van der Waals surface area contributed by atoms with E-state index in [0.717, 1.165) is 22.9 Å². The van der Waals surface area contributed by atoms with Gasteiger partial charge in [0.05, 0.1) is 5.52 Å². The Bertz CT molecular complexity index is 707. The van der Waals surface area contributed by atoms with Crippen LogP contribution in [-0.2, 0) is 0 Å². The molecule has 2 aromatic rings. The van der Waals surface area contributed by atoms with Crippen molar-refractivity contribution in [2.45, 2.75) is 13.3 Å². The number of hydrogen-bond acceptors (Lipinski definition) is 2. The fraction of sp³-hybridized carbons (Fsp3) is 0.250. The van der Waals surface area contributed by atoms with Gasteiger partial charge in [0.1, 0.15) is 0 Å². The van der Waals surface area contributed by atoms with Crippen molar-refractivity contribution in [2.24, 2.45) is 0 Å². The maximum absolute atomic E-state index is 10.9. The summed E-state index contributed by atoms with van der Waals surface area (Å²) >= 11 is 0. The van der Waals surface area contributed by atoms with E-state index in [4.69, 9.17) is 5.11 Å². The van der Waals surface area contributed by atoms with Crippen LogP contribution in [0.2, 0.25) is 0 Å². The molecule has 0 bridgehead atoms. The summed E-state index contributed by atoms with van der Waals surface area (Å²) in [6.45, 7) is 3.07. The Balaban J connectivity index is 2.04. The summed E-state index contributed by atoms with van der Waals surface area (Å²) in [7, 11) is 0. The average molecular weight is 268 g/mol. The van der Waals surface area contributed by atoms with Gasteiger partial charge in [0.25, 0.3) is 0 Å². The highest BCUT2D eigenvalue weighted by Crippen LogP contribution is 2.29. The normalized spacial score (nSPS) is 15.2. The SMILES string of the molecule is Cc1ccc(C2=CCN(C(=O)O)CC2)c2cccnc12. The van der Waals surface area contributed by atoms with E-state index in [2.05, 4.69) is 30.1 Å². The van der Waals surface area contributed by atoms with Crippen LogP contribution in [0, 0.1) is 6.92 Å². The van der Waals surface area contributed by atoms with Crippen molar-refractivity contribution in [3.8, 4) is 0 Å². The summed E-state index contributed by atoms with van der Waals surface area (Å²) in [5, 5.41) is 10.1. The molecule has 4 nitrogen and oxygen atoms in total. The number of aryl methyl sites for hydroxylation is 1. The summed E-state index contributed by atoms with van der Waals surface area (Å²) in [5.74, 6) is 0. The Labute approximate surface area is 117 Å². The fourth-order valence-electron chi connectivity index (χ4n) is 2.68. The number of pyridine rings is 1. The molecule has 0 atom stereocenters. The molecule has 1 aliphatic heterocycles. The highest BCUT2D eigenvalue weighted by atomic mass is 16.4. The van der Waals surface area contributed by atoms with Crippen molar-refractivity contribution in [3.05, 3.63) is 47.7 Å². The Kier molecular flexibility index (Phi) is 3.14. The van der Waals surface area contributed by atoms with Crippen molar-refractivity contribution < 1.29 is 9.90 Å². The zero-order valence-corrected chi connectivity index (χ0v) is 11.3. The van der Waals surface area contributed by atoms with Gasteiger partial charge in [-0.15, -0.1) is 0 Å². The molecule has 1 N–H and O–H groups in total. The fourth-order valence-corrected chi connectivity index (χ4v) is 2.68. The highest BCUT2D eigenvalue weighted by Gasteiger charge is 2.18. The van der Waals surface area contributed by atoms with Crippen molar-refractivity contribution in [2.75, 3.05) is 13.1 Å². The number of fused-ring (bicyclic) bond motifs is 1. The molecule has 4 heteroatoms.